The van der Waals surface area contributed by atoms with Gasteiger partial charge in [-0.1, -0.05) is 60.7 Å². The molecule has 0 aromatic heterocycles. The first kappa shape index (κ1) is 29.6. The van der Waals surface area contributed by atoms with Crippen LogP contribution in [-0.2, 0) is 27.8 Å². The Labute approximate surface area is 238 Å². The van der Waals surface area contributed by atoms with Crippen molar-refractivity contribution in [2.45, 2.75) is 36.7 Å². The predicted octanol–water partition coefficient (Wildman–Crippen LogP) is 4.36. The summed E-state index contributed by atoms with van der Waals surface area (Å²) in [6.07, 6.45) is 2.21. The zero-order valence-corrected chi connectivity index (χ0v) is 24.6. The molecular weight excluding hydrogens is 526 g/mol. The standard InChI is InChI=1S/C31H39N3O5S/c1-32(22-24-13-7-5-8-14-24)40(36,37)30-21-29(39-4)28(38-3)19-26(30)20-31(35)33(2)27(23-34-17-11-12-18-34)25-15-9-6-10-16-25/h5-10,13-16,19,21,27H,11-12,17-18,20,22-23H2,1-4H3/t27-/m1/s1. The van der Waals surface area contributed by atoms with Crippen LogP contribution in [0.5, 0.6) is 11.5 Å². The van der Waals surface area contributed by atoms with Crippen molar-refractivity contribution < 1.29 is 22.7 Å². The van der Waals surface area contributed by atoms with E-state index in [1.165, 1.54) is 31.6 Å². The topological polar surface area (TPSA) is 79.4 Å². The molecule has 1 heterocycles. The lowest BCUT2D eigenvalue weighted by Crippen LogP contribution is -2.39. The maximum absolute atomic E-state index is 13.9. The molecule has 1 atom stereocenters. The van der Waals surface area contributed by atoms with Crippen molar-refractivity contribution in [2.75, 3.05) is 47.9 Å². The first-order valence-electron chi connectivity index (χ1n) is 13.5. The van der Waals surface area contributed by atoms with Gasteiger partial charge in [0.1, 0.15) is 0 Å². The fourth-order valence-corrected chi connectivity index (χ4v) is 6.55. The van der Waals surface area contributed by atoms with Crippen molar-refractivity contribution in [3.63, 3.8) is 0 Å². The summed E-state index contributed by atoms with van der Waals surface area (Å²) in [6.45, 7) is 2.94. The van der Waals surface area contributed by atoms with E-state index in [1.54, 1.807) is 18.0 Å². The lowest BCUT2D eigenvalue weighted by Gasteiger charge is -2.32. The maximum Gasteiger partial charge on any atom is 0.243 e. The van der Waals surface area contributed by atoms with Crippen LogP contribution < -0.4 is 9.47 Å². The van der Waals surface area contributed by atoms with Gasteiger partial charge in [-0.05, 0) is 48.7 Å². The van der Waals surface area contributed by atoms with Crippen molar-refractivity contribution in [2.24, 2.45) is 0 Å². The van der Waals surface area contributed by atoms with E-state index in [0.717, 1.165) is 43.6 Å². The Hall–Kier alpha value is -3.40. The van der Waals surface area contributed by atoms with E-state index in [-0.39, 0.29) is 35.6 Å². The van der Waals surface area contributed by atoms with Crippen LogP contribution in [0.4, 0.5) is 0 Å². The number of ether oxygens (including phenoxy) is 2. The van der Waals surface area contributed by atoms with Crippen LogP contribution in [0.1, 0.15) is 35.6 Å². The van der Waals surface area contributed by atoms with Gasteiger partial charge in [-0.3, -0.25) is 4.79 Å². The Balaban J connectivity index is 1.66. The van der Waals surface area contributed by atoms with Gasteiger partial charge in [0.15, 0.2) is 11.5 Å². The second-order valence-electron chi connectivity index (χ2n) is 10.2. The number of hydrogen-bond donors (Lipinski definition) is 0. The monoisotopic (exact) mass is 565 g/mol. The number of hydrogen-bond acceptors (Lipinski definition) is 6. The third kappa shape index (κ3) is 6.83. The molecule has 0 radical (unpaired) electrons. The van der Waals surface area contributed by atoms with Crippen LogP contribution in [0.15, 0.2) is 77.7 Å². The first-order valence-corrected chi connectivity index (χ1v) is 15.0. The van der Waals surface area contributed by atoms with Crippen molar-refractivity contribution in [1.29, 1.82) is 0 Å². The van der Waals surface area contributed by atoms with Gasteiger partial charge in [-0.15, -0.1) is 0 Å². The second kappa shape index (κ2) is 13.3. The van der Waals surface area contributed by atoms with Crippen LogP contribution in [-0.4, -0.2) is 76.4 Å². The number of likely N-dealkylation sites (N-methyl/N-ethyl adjacent to an activating group) is 1. The third-order valence-corrected chi connectivity index (χ3v) is 9.41. The highest BCUT2D eigenvalue weighted by molar-refractivity contribution is 7.89. The predicted molar refractivity (Wildman–Crippen MR) is 156 cm³/mol. The molecule has 0 bridgehead atoms. The molecule has 1 aliphatic heterocycles. The summed E-state index contributed by atoms with van der Waals surface area (Å²) in [5, 5.41) is 0. The number of nitrogens with zero attached hydrogens (tertiary/aromatic N) is 3. The maximum atomic E-state index is 13.9. The van der Waals surface area contributed by atoms with Crippen LogP contribution in [0, 0.1) is 0 Å². The molecule has 1 aliphatic rings. The third-order valence-electron chi connectivity index (χ3n) is 7.52. The van der Waals surface area contributed by atoms with Gasteiger partial charge < -0.3 is 19.3 Å². The van der Waals surface area contributed by atoms with E-state index in [0.29, 0.717) is 11.3 Å². The first-order chi connectivity index (χ1) is 19.2. The molecule has 0 aliphatic carbocycles. The second-order valence-corrected chi connectivity index (χ2v) is 12.2. The normalized spacial score (nSPS) is 14.7. The Morgan fingerprint density at radius 2 is 1.48 bits per heavy atom. The number of benzene rings is 3. The quantitative estimate of drug-likeness (QED) is 0.325. The van der Waals surface area contributed by atoms with Gasteiger partial charge in [-0.25, -0.2) is 8.42 Å². The number of carbonyl (C=O) groups excluding carboxylic acids is 1. The Bertz CT molecular complexity index is 1380. The van der Waals surface area contributed by atoms with Crippen molar-refractivity contribution in [1.82, 2.24) is 14.1 Å². The minimum atomic E-state index is -3.97. The number of methoxy groups -OCH3 is 2. The molecule has 0 saturated carbocycles. The molecule has 0 unspecified atom stereocenters. The molecule has 1 fully saturated rings. The smallest absolute Gasteiger partial charge is 0.243 e. The molecule has 40 heavy (non-hydrogen) atoms. The van der Waals surface area contributed by atoms with Crippen LogP contribution in [0.3, 0.4) is 0 Å². The van der Waals surface area contributed by atoms with Crippen molar-refractivity contribution in [3.8, 4) is 11.5 Å². The van der Waals surface area contributed by atoms with Crippen LogP contribution in [0.2, 0.25) is 0 Å². The number of rotatable bonds is 12. The van der Waals surface area contributed by atoms with E-state index >= 15 is 0 Å². The molecule has 4 rings (SSSR count). The summed E-state index contributed by atoms with van der Waals surface area (Å²) in [4.78, 5) is 18.0. The zero-order valence-electron chi connectivity index (χ0n) is 23.7. The van der Waals surface area contributed by atoms with Gasteiger partial charge in [0.2, 0.25) is 15.9 Å². The highest BCUT2D eigenvalue weighted by Gasteiger charge is 2.30. The average molecular weight is 566 g/mol. The fourth-order valence-electron chi connectivity index (χ4n) is 5.17. The molecule has 9 heteroatoms. The Morgan fingerprint density at radius 1 is 0.900 bits per heavy atom. The molecule has 3 aromatic rings. The average Bonchev–Trinajstić information content (AvgIpc) is 3.49. The van der Waals surface area contributed by atoms with E-state index in [9.17, 15) is 13.2 Å². The van der Waals surface area contributed by atoms with Crippen molar-refractivity contribution in [3.05, 3.63) is 89.5 Å². The SMILES string of the molecule is COc1cc(CC(=O)N(C)[C@H](CN2CCCC2)c2ccccc2)c(S(=O)(=O)N(C)Cc2ccccc2)cc1OC. The lowest BCUT2D eigenvalue weighted by molar-refractivity contribution is -0.131. The van der Waals surface area contributed by atoms with E-state index in [4.69, 9.17) is 9.47 Å². The van der Waals surface area contributed by atoms with Crippen LogP contribution >= 0.6 is 0 Å². The summed E-state index contributed by atoms with van der Waals surface area (Å²) >= 11 is 0. The summed E-state index contributed by atoms with van der Waals surface area (Å²) in [6, 6.07) is 22.3. The number of likely N-dealkylation sites (tertiary alicyclic amines) is 1. The molecule has 1 amide bonds. The van der Waals surface area contributed by atoms with E-state index in [2.05, 4.69) is 4.90 Å². The summed E-state index contributed by atoms with van der Waals surface area (Å²) in [5.41, 5.74) is 2.27. The van der Waals surface area contributed by atoms with Gasteiger partial charge in [-0.2, -0.15) is 4.31 Å². The van der Waals surface area contributed by atoms with Gasteiger partial charge in [0.05, 0.1) is 31.6 Å². The Morgan fingerprint density at radius 3 is 2.08 bits per heavy atom. The summed E-state index contributed by atoms with van der Waals surface area (Å²) < 4.78 is 39.9. The molecule has 0 N–H and O–H groups in total. The zero-order chi connectivity index (χ0) is 28.7. The van der Waals surface area contributed by atoms with Crippen molar-refractivity contribution >= 4 is 15.9 Å². The molecule has 0 spiro atoms. The summed E-state index contributed by atoms with van der Waals surface area (Å²) in [7, 11) is 2.32. The van der Waals surface area contributed by atoms with E-state index < -0.39 is 10.0 Å². The van der Waals surface area contributed by atoms with Gasteiger partial charge >= 0.3 is 0 Å². The van der Waals surface area contributed by atoms with Gasteiger partial charge in [0.25, 0.3) is 0 Å². The minimum absolute atomic E-state index is 0.0288. The number of carbonyl (C=O) groups is 1. The molecule has 8 nitrogen and oxygen atoms in total. The lowest BCUT2D eigenvalue weighted by atomic mass is 10.0. The van der Waals surface area contributed by atoms with Crippen LogP contribution in [0.25, 0.3) is 0 Å². The highest BCUT2D eigenvalue weighted by Crippen LogP contribution is 2.35. The molecular formula is C31H39N3O5S. The number of sulfonamides is 1. The molecule has 3 aromatic carbocycles. The van der Waals surface area contributed by atoms with E-state index in [1.807, 2.05) is 60.7 Å². The highest BCUT2D eigenvalue weighted by atomic mass is 32.2. The largest absolute Gasteiger partial charge is 0.493 e. The van der Waals surface area contributed by atoms with Gasteiger partial charge in [0, 0.05) is 33.3 Å². The molecule has 1 saturated heterocycles. The molecule has 214 valence electrons. The fraction of sp³-hybridized carbons (Fsp3) is 0.387. The number of amides is 1. The summed E-state index contributed by atoms with van der Waals surface area (Å²) in [5.74, 6) is 0.478. The Kier molecular flexibility index (Phi) is 9.84. The minimum Gasteiger partial charge on any atom is -0.493 e.